The summed E-state index contributed by atoms with van der Waals surface area (Å²) in [6.07, 6.45) is 2.95. The van der Waals surface area contributed by atoms with Gasteiger partial charge in [0, 0.05) is 11.5 Å². The molecular weight excluding hydrogens is 156 g/mol. The van der Waals surface area contributed by atoms with E-state index in [1.165, 1.54) is 16.7 Å². The van der Waals surface area contributed by atoms with Gasteiger partial charge in [0.15, 0.2) is 0 Å². The van der Waals surface area contributed by atoms with Crippen molar-refractivity contribution in [2.45, 2.75) is 13.3 Å². The lowest BCUT2D eigenvalue weighted by atomic mass is 10.1. The minimum atomic E-state index is 0.915. The van der Waals surface area contributed by atoms with E-state index < -0.39 is 0 Å². The maximum Gasteiger partial charge on any atom is 0.0231 e. The molecular formula is C10H9Cl. The molecule has 0 atom stereocenters. The van der Waals surface area contributed by atoms with Gasteiger partial charge in [0.2, 0.25) is 0 Å². The molecule has 0 saturated heterocycles. The lowest BCUT2D eigenvalue weighted by Crippen LogP contribution is -1.82. The number of halogens is 1. The minimum absolute atomic E-state index is 0.915. The summed E-state index contributed by atoms with van der Waals surface area (Å²) >= 11 is 5.89. The van der Waals surface area contributed by atoms with Crippen LogP contribution in [0.5, 0.6) is 0 Å². The summed E-state index contributed by atoms with van der Waals surface area (Å²) in [5, 5.41) is 0.950. The quantitative estimate of drug-likeness (QED) is 0.553. The molecule has 1 aliphatic rings. The SMILES string of the molecule is Cc1ccc2c(c1)CC(Cl)=C2. The van der Waals surface area contributed by atoms with E-state index in [0.717, 1.165) is 11.5 Å². The highest BCUT2D eigenvalue weighted by molar-refractivity contribution is 6.32. The predicted molar refractivity (Wildman–Crippen MR) is 48.7 cm³/mol. The highest BCUT2D eigenvalue weighted by Crippen LogP contribution is 2.27. The van der Waals surface area contributed by atoms with Crippen LogP contribution in [0.2, 0.25) is 0 Å². The van der Waals surface area contributed by atoms with Crippen LogP contribution in [0.15, 0.2) is 23.2 Å². The molecule has 0 unspecified atom stereocenters. The maximum atomic E-state index is 5.89. The fourth-order valence-corrected chi connectivity index (χ4v) is 1.69. The van der Waals surface area contributed by atoms with Crippen molar-refractivity contribution in [1.82, 2.24) is 0 Å². The summed E-state index contributed by atoms with van der Waals surface area (Å²) in [7, 11) is 0. The molecule has 0 fully saturated rings. The zero-order chi connectivity index (χ0) is 7.84. The second-order valence-corrected chi connectivity index (χ2v) is 3.46. The van der Waals surface area contributed by atoms with Crippen molar-refractivity contribution in [3.8, 4) is 0 Å². The molecule has 56 valence electrons. The zero-order valence-corrected chi connectivity index (χ0v) is 7.15. The average Bonchev–Trinajstić information content (AvgIpc) is 2.27. The molecule has 0 aliphatic heterocycles. The Labute approximate surface area is 71.5 Å². The van der Waals surface area contributed by atoms with Gasteiger partial charge < -0.3 is 0 Å². The fourth-order valence-electron chi connectivity index (χ4n) is 1.43. The zero-order valence-electron chi connectivity index (χ0n) is 6.39. The molecule has 1 heteroatoms. The molecule has 11 heavy (non-hydrogen) atoms. The predicted octanol–water partition coefficient (Wildman–Crippen LogP) is 3.13. The standard InChI is InChI=1S/C10H9Cl/c1-7-2-3-8-5-10(11)6-9(8)4-7/h2-5H,6H2,1H3. The van der Waals surface area contributed by atoms with Gasteiger partial charge in [0.1, 0.15) is 0 Å². The Morgan fingerprint density at radius 2 is 2.18 bits per heavy atom. The van der Waals surface area contributed by atoms with E-state index in [0.29, 0.717) is 0 Å². The third-order valence-electron chi connectivity index (χ3n) is 1.97. The van der Waals surface area contributed by atoms with Crippen LogP contribution >= 0.6 is 11.6 Å². The third-order valence-corrected chi connectivity index (χ3v) is 2.21. The van der Waals surface area contributed by atoms with Gasteiger partial charge in [0.05, 0.1) is 0 Å². The first-order valence-corrected chi connectivity index (χ1v) is 4.09. The third kappa shape index (κ3) is 1.19. The lowest BCUT2D eigenvalue weighted by Gasteiger charge is -1.98. The molecule has 0 bridgehead atoms. The van der Waals surface area contributed by atoms with Crippen LogP contribution < -0.4 is 0 Å². The van der Waals surface area contributed by atoms with Crippen LogP contribution in [0.1, 0.15) is 16.7 Å². The summed E-state index contributed by atoms with van der Waals surface area (Å²) in [5.41, 5.74) is 3.94. The fraction of sp³-hybridized carbons (Fsp3) is 0.200. The molecule has 0 spiro atoms. The Hall–Kier alpha value is -0.750. The molecule has 0 aromatic heterocycles. The summed E-state index contributed by atoms with van der Waals surface area (Å²) < 4.78 is 0. The average molecular weight is 165 g/mol. The van der Waals surface area contributed by atoms with E-state index in [9.17, 15) is 0 Å². The lowest BCUT2D eigenvalue weighted by molar-refractivity contribution is 1.26. The number of benzene rings is 1. The first-order chi connectivity index (χ1) is 5.25. The molecule has 0 heterocycles. The second kappa shape index (κ2) is 2.38. The van der Waals surface area contributed by atoms with Crippen molar-refractivity contribution in [3.63, 3.8) is 0 Å². The van der Waals surface area contributed by atoms with Gasteiger partial charge in [-0.2, -0.15) is 0 Å². The summed E-state index contributed by atoms with van der Waals surface area (Å²) in [5.74, 6) is 0. The Morgan fingerprint density at radius 1 is 1.36 bits per heavy atom. The van der Waals surface area contributed by atoms with Gasteiger partial charge in [-0.1, -0.05) is 35.4 Å². The van der Waals surface area contributed by atoms with Gasteiger partial charge in [-0.05, 0) is 24.1 Å². The minimum Gasteiger partial charge on any atom is -0.0888 e. The first-order valence-electron chi connectivity index (χ1n) is 3.71. The van der Waals surface area contributed by atoms with Crippen molar-refractivity contribution >= 4 is 17.7 Å². The number of allylic oxidation sites excluding steroid dienone is 1. The van der Waals surface area contributed by atoms with E-state index in [1.807, 2.05) is 6.08 Å². The molecule has 1 aliphatic carbocycles. The molecule has 0 nitrogen and oxygen atoms in total. The molecule has 1 aromatic rings. The van der Waals surface area contributed by atoms with Crippen LogP contribution in [0.4, 0.5) is 0 Å². The van der Waals surface area contributed by atoms with Gasteiger partial charge >= 0.3 is 0 Å². The second-order valence-electron chi connectivity index (χ2n) is 2.97. The van der Waals surface area contributed by atoms with Crippen molar-refractivity contribution in [1.29, 1.82) is 0 Å². The van der Waals surface area contributed by atoms with E-state index in [2.05, 4.69) is 25.1 Å². The van der Waals surface area contributed by atoms with E-state index in [4.69, 9.17) is 11.6 Å². The van der Waals surface area contributed by atoms with Crippen molar-refractivity contribution in [3.05, 3.63) is 39.9 Å². The van der Waals surface area contributed by atoms with Crippen molar-refractivity contribution in [2.24, 2.45) is 0 Å². The van der Waals surface area contributed by atoms with Crippen LogP contribution in [0.3, 0.4) is 0 Å². The van der Waals surface area contributed by atoms with Gasteiger partial charge in [-0.3, -0.25) is 0 Å². The van der Waals surface area contributed by atoms with E-state index in [-0.39, 0.29) is 0 Å². The summed E-state index contributed by atoms with van der Waals surface area (Å²) in [4.78, 5) is 0. The highest BCUT2D eigenvalue weighted by atomic mass is 35.5. The molecule has 1 aromatic carbocycles. The molecule has 0 radical (unpaired) electrons. The Bertz CT molecular complexity index is 324. The van der Waals surface area contributed by atoms with Crippen LogP contribution in [-0.2, 0) is 6.42 Å². The van der Waals surface area contributed by atoms with E-state index in [1.54, 1.807) is 0 Å². The molecule has 0 N–H and O–H groups in total. The number of rotatable bonds is 0. The molecule has 0 amide bonds. The van der Waals surface area contributed by atoms with Gasteiger partial charge in [0.25, 0.3) is 0 Å². The Morgan fingerprint density at radius 3 is 3.00 bits per heavy atom. The maximum absolute atomic E-state index is 5.89. The van der Waals surface area contributed by atoms with E-state index >= 15 is 0 Å². The smallest absolute Gasteiger partial charge is 0.0231 e. The number of hydrogen-bond acceptors (Lipinski definition) is 0. The topological polar surface area (TPSA) is 0 Å². The Kier molecular flexibility index (Phi) is 1.50. The number of hydrogen-bond donors (Lipinski definition) is 0. The van der Waals surface area contributed by atoms with Gasteiger partial charge in [-0.15, -0.1) is 0 Å². The van der Waals surface area contributed by atoms with Crippen LogP contribution in [0.25, 0.3) is 6.08 Å². The van der Waals surface area contributed by atoms with Gasteiger partial charge in [-0.25, -0.2) is 0 Å². The largest absolute Gasteiger partial charge is 0.0888 e. The van der Waals surface area contributed by atoms with Crippen molar-refractivity contribution in [2.75, 3.05) is 0 Å². The molecule has 2 rings (SSSR count). The number of aryl methyl sites for hydroxylation is 1. The summed E-state index contributed by atoms with van der Waals surface area (Å²) in [6, 6.07) is 6.44. The Balaban J connectivity index is 2.52. The normalized spacial score (nSPS) is 14.5. The highest BCUT2D eigenvalue weighted by Gasteiger charge is 2.09. The van der Waals surface area contributed by atoms with Crippen LogP contribution in [-0.4, -0.2) is 0 Å². The first kappa shape index (κ1) is 6.93. The van der Waals surface area contributed by atoms with Crippen molar-refractivity contribution < 1.29 is 0 Å². The monoisotopic (exact) mass is 164 g/mol. The molecule has 0 saturated carbocycles. The number of fused-ring (bicyclic) bond motifs is 1. The summed E-state index contributed by atoms with van der Waals surface area (Å²) in [6.45, 7) is 2.10. The van der Waals surface area contributed by atoms with Crippen LogP contribution in [0, 0.1) is 6.92 Å².